The number of para-hydroxylation sites is 1. The Morgan fingerprint density at radius 2 is 1.68 bits per heavy atom. The van der Waals surface area contributed by atoms with E-state index in [4.69, 9.17) is 0 Å². The fourth-order valence-electron chi connectivity index (χ4n) is 4.31. The molecule has 1 aliphatic rings. The molecule has 28 heavy (non-hydrogen) atoms. The SMILES string of the molecule is CCn1c(NC(=O)C2CCCCC2)c(-c2ccccc2)c(=O)c2ccccc21. The number of aromatic nitrogens is 1. The zero-order chi connectivity index (χ0) is 19.5. The lowest BCUT2D eigenvalue weighted by Gasteiger charge is -2.24. The lowest BCUT2D eigenvalue weighted by Crippen LogP contribution is -2.28. The van der Waals surface area contributed by atoms with Crippen LogP contribution in [0.1, 0.15) is 39.0 Å². The van der Waals surface area contributed by atoms with E-state index in [2.05, 4.69) is 9.88 Å². The van der Waals surface area contributed by atoms with Crippen LogP contribution in [0.2, 0.25) is 0 Å². The van der Waals surface area contributed by atoms with Gasteiger partial charge in [0.05, 0.1) is 11.1 Å². The smallest absolute Gasteiger partial charge is 0.228 e. The van der Waals surface area contributed by atoms with Crippen LogP contribution in [0.4, 0.5) is 5.82 Å². The number of benzene rings is 2. The van der Waals surface area contributed by atoms with Gasteiger partial charge in [-0.3, -0.25) is 9.59 Å². The number of rotatable bonds is 4. The number of nitrogens with one attached hydrogen (secondary N) is 1. The predicted octanol–water partition coefficient (Wildman–Crippen LogP) is 5.21. The molecule has 1 N–H and O–H groups in total. The molecule has 2 aromatic carbocycles. The average Bonchev–Trinajstić information content (AvgIpc) is 2.75. The third-order valence-electron chi connectivity index (χ3n) is 5.77. The fraction of sp³-hybridized carbons (Fsp3) is 0.333. The number of pyridine rings is 1. The number of hydrogen-bond acceptors (Lipinski definition) is 2. The first-order chi connectivity index (χ1) is 13.7. The number of hydrogen-bond donors (Lipinski definition) is 1. The zero-order valence-electron chi connectivity index (χ0n) is 16.3. The van der Waals surface area contributed by atoms with Crippen molar-refractivity contribution in [1.82, 2.24) is 4.57 Å². The van der Waals surface area contributed by atoms with Crippen LogP contribution < -0.4 is 10.7 Å². The van der Waals surface area contributed by atoms with Crippen LogP contribution in [0.25, 0.3) is 22.0 Å². The lowest BCUT2D eigenvalue weighted by atomic mass is 9.88. The van der Waals surface area contributed by atoms with E-state index in [1.165, 1.54) is 6.42 Å². The Hall–Kier alpha value is -2.88. The number of carbonyl (C=O) groups is 1. The lowest BCUT2D eigenvalue weighted by molar-refractivity contribution is -0.120. The molecule has 1 fully saturated rings. The molecule has 0 spiro atoms. The Balaban J connectivity index is 1.92. The summed E-state index contributed by atoms with van der Waals surface area (Å²) in [6, 6.07) is 17.3. The normalized spacial score (nSPS) is 14.9. The Kier molecular flexibility index (Phi) is 5.29. The van der Waals surface area contributed by atoms with Gasteiger partial charge in [-0.25, -0.2) is 0 Å². The van der Waals surface area contributed by atoms with Crippen LogP contribution in [0.15, 0.2) is 59.4 Å². The van der Waals surface area contributed by atoms with E-state index >= 15 is 0 Å². The summed E-state index contributed by atoms with van der Waals surface area (Å²) in [4.78, 5) is 26.5. The number of amides is 1. The monoisotopic (exact) mass is 374 g/mol. The van der Waals surface area contributed by atoms with E-state index in [1.807, 2.05) is 61.5 Å². The molecule has 3 aromatic rings. The van der Waals surface area contributed by atoms with E-state index in [1.54, 1.807) is 0 Å². The van der Waals surface area contributed by atoms with Gasteiger partial charge in [0, 0.05) is 17.8 Å². The standard InChI is InChI=1S/C24H26N2O2/c1-2-26-20-16-10-9-15-19(20)22(27)21(17-11-5-3-6-12-17)23(26)25-24(28)18-13-7-4-8-14-18/h3,5-6,9-12,15-16,18H,2,4,7-8,13-14H2,1H3,(H,25,28). The highest BCUT2D eigenvalue weighted by atomic mass is 16.2. The summed E-state index contributed by atoms with van der Waals surface area (Å²) in [6.07, 6.45) is 5.26. The largest absolute Gasteiger partial charge is 0.327 e. The highest BCUT2D eigenvalue weighted by molar-refractivity contribution is 5.99. The van der Waals surface area contributed by atoms with Crippen LogP contribution in [0, 0.1) is 5.92 Å². The van der Waals surface area contributed by atoms with Crippen molar-refractivity contribution in [1.29, 1.82) is 0 Å². The maximum Gasteiger partial charge on any atom is 0.228 e. The van der Waals surface area contributed by atoms with Crippen LogP contribution in [0.3, 0.4) is 0 Å². The Morgan fingerprint density at radius 1 is 1.00 bits per heavy atom. The molecule has 1 aliphatic carbocycles. The Morgan fingerprint density at radius 3 is 2.39 bits per heavy atom. The maximum atomic E-state index is 13.4. The summed E-state index contributed by atoms with van der Waals surface area (Å²) in [5.74, 6) is 0.686. The van der Waals surface area contributed by atoms with Gasteiger partial charge in [-0.05, 0) is 37.5 Å². The van der Waals surface area contributed by atoms with E-state index in [-0.39, 0.29) is 17.3 Å². The minimum atomic E-state index is -0.0366. The van der Waals surface area contributed by atoms with Gasteiger partial charge in [0.1, 0.15) is 5.82 Å². The Bertz CT molecular complexity index is 1050. The van der Waals surface area contributed by atoms with Crippen LogP contribution >= 0.6 is 0 Å². The predicted molar refractivity (Wildman–Crippen MR) is 115 cm³/mol. The second kappa shape index (κ2) is 8.01. The molecule has 1 saturated carbocycles. The fourth-order valence-corrected chi connectivity index (χ4v) is 4.31. The van der Waals surface area contributed by atoms with Crippen molar-refractivity contribution < 1.29 is 4.79 Å². The number of anilines is 1. The van der Waals surface area contributed by atoms with Crippen molar-refractivity contribution in [3.8, 4) is 11.1 Å². The second-order valence-electron chi connectivity index (χ2n) is 7.50. The molecule has 4 nitrogen and oxygen atoms in total. The molecule has 4 heteroatoms. The molecule has 0 bridgehead atoms. The van der Waals surface area contributed by atoms with Crippen molar-refractivity contribution >= 4 is 22.6 Å². The molecule has 0 atom stereocenters. The van der Waals surface area contributed by atoms with Crippen molar-refractivity contribution in [2.75, 3.05) is 5.32 Å². The van der Waals surface area contributed by atoms with E-state index in [0.717, 1.165) is 36.8 Å². The number of nitrogens with zero attached hydrogens (tertiary/aromatic N) is 1. The average molecular weight is 374 g/mol. The van der Waals surface area contributed by atoms with Gasteiger partial charge >= 0.3 is 0 Å². The third-order valence-corrected chi connectivity index (χ3v) is 5.77. The zero-order valence-corrected chi connectivity index (χ0v) is 16.3. The van der Waals surface area contributed by atoms with Gasteiger partial charge < -0.3 is 9.88 Å². The molecule has 0 radical (unpaired) electrons. The summed E-state index contributed by atoms with van der Waals surface area (Å²) in [5.41, 5.74) is 2.23. The van der Waals surface area contributed by atoms with Gasteiger partial charge in [0.2, 0.25) is 5.91 Å². The van der Waals surface area contributed by atoms with Gasteiger partial charge in [0.25, 0.3) is 0 Å². The molecule has 0 saturated heterocycles. The first-order valence-corrected chi connectivity index (χ1v) is 10.2. The topological polar surface area (TPSA) is 51.1 Å². The van der Waals surface area contributed by atoms with Crippen molar-refractivity contribution in [2.24, 2.45) is 5.92 Å². The molecule has 144 valence electrons. The number of carbonyl (C=O) groups excluding carboxylic acids is 1. The quantitative estimate of drug-likeness (QED) is 0.682. The summed E-state index contributed by atoms with van der Waals surface area (Å²) in [6.45, 7) is 2.71. The Labute approximate surface area is 165 Å². The molecular formula is C24H26N2O2. The molecular weight excluding hydrogens is 348 g/mol. The highest BCUT2D eigenvalue weighted by Gasteiger charge is 2.25. The second-order valence-corrected chi connectivity index (χ2v) is 7.50. The van der Waals surface area contributed by atoms with Gasteiger partial charge in [-0.15, -0.1) is 0 Å². The van der Waals surface area contributed by atoms with Gasteiger partial charge in [-0.2, -0.15) is 0 Å². The number of aryl methyl sites for hydroxylation is 1. The molecule has 0 unspecified atom stereocenters. The van der Waals surface area contributed by atoms with E-state index < -0.39 is 0 Å². The van der Waals surface area contributed by atoms with Crippen molar-refractivity contribution in [3.05, 3.63) is 64.8 Å². The minimum absolute atomic E-state index is 0.0317. The van der Waals surface area contributed by atoms with Crippen molar-refractivity contribution in [2.45, 2.75) is 45.6 Å². The first-order valence-electron chi connectivity index (χ1n) is 10.2. The first kappa shape index (κ1) is 18.5. The molecule has 1 heterocycles. The van der Waals surface area contributed by atoms with Crippen LogP contribution in [-0.4, -0.2) is 10.5 Å². The number of fused-ring (bicyclic) bond motifs is 1. The maximum absolute atomic E-state index is 13.4. The summed E-state index contributed by atoms with van der Waals surface area (Å²) < 4.78 is 2.06. The minimum Gasteiger partial charge on any atom is -0.327 e. The summed E-state index contributed by atoms with van der Waals surface area (Å²) in [7, 11) is 0. The summed E-state index contributed by atoms with van der Waals surface area (Å²) in [5, 5.41) is 3.83. The molecule has 1 aromatic heterocycles. The van der Waals surface area contributed by atoms with Gasteiger partial charge in [-0.1, -0.05) is 61.7 Å². The van der Waals surface area contributed by atoms with Crippen LogP contribution in [0.5, 0.6) is 0 Å². The third kappa shape index (κ3) is 3.35. The molecule has 0 aliphatic heterocycles. The molecule has 1 amide bonds. The highest BCUT2D eigenvalue weighted by Crippen LogP contribution is 2.31. The van der Waals surface area contributed by atoms with Gasteiger partial charge in [0.15, 0.2) is 5.43 Å². The van der Waals surface area contributed by atoms with Crippen LogP contribution in [-0.2, 0) is 11.3 Å². The van der Waals surface area contributed by atoms with E-state index in [9.17, 15) is 9.59 Å². The molecule has 4 rings (SSSR count). The van der Waals surface area contributed by atoms with Crippen molar-refractivity contribution in [3.63, 3.8) is 0 Å². The summed E-state index contributed by atoms with van der Waals surface area (Å²) >= 11 is 0. The van der Waals surface area contributed by atoms with E-state index in [0.29, 0.717) is 23.3 Å².